The van der Waals surface area contributed by atoms with Crippen molar-refractivity contribution in [2.45, 2.75) is 6.10 Å². The molecule has 0 amide bonds. The number of benzene rings is 1. The first-order chi connectivity index (χ1) is 9.71. The SMILES string of the molecule is COc1ccc(C(O)c2ncccc2OC)cc1OC. The number of hydrogen-bond acceptors (Lipinski definition) is 5. The lowest BCUT2D eigenvalue weighted by Crippen LogP contribution is -2.05. The third kappa shape index (κ3) is 2.67. The van der Waals surface area contributed by atoms with Crippen LogP contribution in [0.25, 0.3) is 0 Å². The Kier molecular flexibility index (Phi) is 4.42. The summed E-state index contributed by atoms with van der Waals surface area (Å²) >= 11 is 0. The Balaban J connectivity index is 2.40. The van der Waals surface area contributed by atoms with Crippen LogP contribution in [0.2, 0.25) is 0 Å². The zero-order chi connectivity index (χ0) is 14.5. The van der Waals surface area contributed by atoms with E-state index in [1.165, 1.54) is 0 Å². The van der Waals surface area contributed by atoms with Crippen molar-refractivity contribution in [2.75, 3.05) is 21.3 Å². The van der Waals surface area contributed by atoms with Gasteiger partial charge in [-0.2, -0.15) is 0 Å². The normalized spacial score (nSPS) is 11.8. The smallest absolute Gasteiger partial charge is 0.161 e. The number of rotatable bonds is 5. The van der Waals surface area contributed by atoms with Crippen molar-refractivity contribution in [1.82, 2.24) is 4.98 Å². The molecule has 0 saturated carbocycles. The van der Waals surface area contributed by atoms with Gasteiger partial charge in [-0.3, -0.25) is 4.98 Å². The van der Waals surface area contributed by atoms with Gasteiger partial charge in [-0.15, -0.1) is 0 Å². The Bertz CT molecular complexity index is 586. The molecule has 1 atom stereocenters. The Morgan fingerprint density at radius 1 is 0.950 bits per heavy atom. The third-order valence-corrected chi connectivity index (χ3v) is 3.00. The van der Waals surface area contributed by atoms with Crippen molar-refractivity contribution in [1.29, 1.82) is 0 Å². The van der Waals surface area contributed by atoms with Crippen LogP contribution in [0.5, 0.6) is 17.2 Å². The highest BCUT2D eigenvalue weighted by atomic mass is 16.5. The fourth-order valence-electron chi connectivity index (χ4n) is 1.96. The van der Waals surface area contributed by atoms with Gasteiger partial charge in [0.25, 0.3) is 0 Å². The summed E-state index contributed by atoms with van der Waals surface area (Å²) < 4.78 is 15.6. The van der Waals surface area contributed by atoms with Gasteiger partial charge in [-0.25, -0.2) is 0 Å². The molecule has 5 nitrogen and oxygen atoms in total. The lowest BCUT2D eigenvalue weighted by molar-refractivity contribution is 0.208. The number of pyridine rings is 1. The van der Waals surface area contributed by atoms with Gasteiger partial charge in [-0.1, -0.05) is 6.07 Å². The van der Waals surface area contributed by atoms with Crippen molar-refractivity contribution in [3.05, 3.63) is 47.8 Å². The number of aromatic nitrogens is 1. The van der Waals surface area contributed by atoms with Crippen LogP contribution >= 0.6 is 0 Å². The number of nitrogens with zero attached hydrogens (tertiary/aromatic N) is 1. The highest BCUT2D eigenvalue weighted by molar-refractivity contribution is 5.46. The molecule has 0 fully saturated rings. The zero-order valence-electron chi connectivity index (χ0n) is 11.7. The first-order valence-corrected chi connectivity index (χ1v) is 6.10. The molecule has 1 N–H and O–H groups in total. The molecule has 0 aliphatic carbocycles. The largest absolute Gasteiger partial charge is 0.495 e. The molecule has 0 radical (unpaired) electrons. The van der Waals surface area contributed by atoms with Crippen LogP contribution in [-0.4, -0.2) is 31.4 Å². The van der Waals surface area contributed by atoms with E-state index in [0.29, 0.717) is 28.5 Å². The van der Waals surface area contributed by atoms with E-state index < -0.39 is 6.10 Å². The molecule has 1 aromatic carbocycles. The highest BCUT2D eigenvalue weighted by Crippen LogP contribution is 2.33. The Labute approximate surface area is 117 Å². The average molecular weight is 275 g/mol. The quantitative estimate of drug-likeness (QED) is 0.906. The maximum atomic E-state index is 10.4. The molecule has 106 valence electrons. The van der Waals surface area contributed by atoms with Crippen molar-refractivity contribution in [3.8, 4) is 17.2 Å². The fourth-order valence-corrected chi connectivity index (χ4v) is 1.96. The van der Waals surface area contributed by atoms with Crippen molar-refractivity contribution in [2.24, 2.45) is 0 Å². The minimum Gasteiger partial charge on any atom is -0.495 e. The highest BCUT2D eigenvalue weighted by Gasteiger charge is 2.18. The maximum Gasteiger partial charge on any atom is 0.161 e. The molecule has 2 aromatic rings. The van der Waals surface area contributed by atoms with Gasteiger partial charge in [-0.05, 0) is 29.8 Å². The van der Waals surface area contributed by atoms with Crippen molar-refractivity contribution in [3.63, 3.8) is 0 Å². The van der Waals surface area contributed by atoms with E-state index in [4.69, 9.17) is 14.2 Å². The molecule has 0 spiro atoms. The Morgan fingerprint density at radius 3 is 2.30 bits per heavy atom. The second-order valence-electron chi connectivity index (χ2n) is 4.11. The molecule has 20 heavy (non-hydrogen) atoms. The molecule has 0 aliphatic rings. The third-order valence-electron chi connectivity index (χ3n) is 3.00. The van der Waals surface area contributed by atoms with Gasteiger partial charge in [0.05, 0.1) is 21.3 Å². The van der Waals surface area contributed by atoms with Crippen LogP contribution < -0.4 is 14.2 Å². The number of aliphatic hydroxyl groups excluding tert-OH is 1. The van der Waals surface area contributed by atoms with Gasteiger partial charge in [0, 0.05) is 6.20 Å². The van der Waals surface area contributed by atoms with Crippen LogP contribution in [0.1, 0.15) is 17.4 Å². The summed E-state index contributed by atoms with van der Waals surface area (Å²) in [5, 5.41) is 10.4. The number of methoxy groups -OCH3 is 3. The maximum absolute atomic E-state index is 10.4. The van der Waals surface area contributed by atoms with Crippen LogP contribution in [0.15, 0.2) is 36.5 Å². The van der Waals surface area contributed by atoms with Gasteiger partial charge in [0.1, 0.15) is 17.5 Å². The number of hydrogen-bond donors (Lipinski definition) is 1. The van der Waals surface area contributed by atoms with Crippen LogP contribution in [-0.2, 0) is 0 Å². The predicted octanol–water partition coefficient (Wildman–Crippen LogP) is 2.19. The lowest BCUT2D eigenvalue weighted by Gasteiger charge is -2.15. The molecular formula is C15H17NO4. The molecule has 1 heterocycles. The topological polar surface area (TPSA) is 60.8 Å². The zero-order valence-corrected chi connectivity index (χ0v) is 11.7. The standard InChI is InChI=1S/C15H17NO4/c1-18-11-7-6-10(9-13(11)20-3)15(17)14-12(19-2)5-4-8-16-14/h4-9,15,17H,1-3H3. The van der Waals surface area contributed by atoms with E-state index in [1.54, 1.807) is 57.9 Å². The van der Waals surface area contributed by atoms with Crippen molar-refractivity contribution >= 4 is 0 Å². The van der Waals surface area contributed by atoms with E-state index >= 15 is 0 Å². The Hall–Kier alpha value is -2.27. The van der Waals surface area contributed by atoms with Crippen LogP contribution in [0.3, 0.4) is 0 Å². The fraction of sp³-hybridized carbons (Fsp3) is 0.267. The summed E-state index contributed by atoms with van der Waals surface area (Å²) in [6, 6.07) is 8.74. The minimum atomic E-state index is -0.897. The van der Waals surface area contributed by atoms with E-state index in [1.807, 2.05) is 0 Å². The molecule has 5 heteroatoms. The lowest BCUT2D eigenvalue weighted by atomic mass is 10.0. The summed E-state index contributed by atoms with van der Waals surface area (Å²) in [5.41, 5.74) is 1.11. The summed E-state index contributed by atoms with van der Waals surface area (Å²) in [6.07, 6.45) is 0.716. The van der Waals surface area contributed by atoms with Crippen molar-refractivity contribution < 1.29 is 19.3 Å². The molecule has 0 bridgehead atoms. The molecular weight excluding hydrogens is 258 g/mol. The first kappa shape index (κ1) is 14.1. The van der Waals surface area contributed by atoms with E-state index in [2.05, 4.69) is 4.98 Å². The van der Waals surface area contributed by atoms with E-state index in [0.717, 1.165) is 0 Å². The summed E-state index contributed by atoms with van der Waals surface area (Å²) in [4.78, 5) is 4.18. The second-order valence-corrected chi connectivity index (χ2v) is 4.11. The number of aliphatic hydroxyl groups is 1. The molecule has 0 saturated heterocycles. The van der Waals surface area contributed by atoms with Gasteiger partial charge >= 0.3 is 0 Å². The number of ether oxygens (including phenoxy) is 3. The van der Waals surface area contributed by atoms with E-state index in [9.17, 15) is 5.11 Å². The molecule has 1 aromatic heterocycles. The molecule has 2 rings (SSSR count). The van der Waals surface area contributed by atoms with Gasteiger partial charge in [0.2, 0.25) is 0 Å². The van der Waals surface area contributed by atoms with Crippen LogP contribution in [0, 0.1) is 0 Å². The van der Waals surface area contributed by atoms with Gasteiger partial charge in [0.15, 0.2) is 11.5 Å². The van der Waals surface area contributed by atoms with Gasteiger partial charge < -0.3 is 19.3 Å². The molecule has 1 unspecified atom stereocenters. The van der Waals surface area contributed by atoms with Crippen LogP contribution in [0.4, 0.5) is 0 Å². The summed E-state index contributed by atoms with van der Waals surface area (Å²) in [6.45, 7) is 0. The second kappa shape index (κ2) is 6.25. The minimum absolute atomic E-state index is 0.460. The monoisotopic (exact) mass is 275 g/mol. The summed E-state index contributed by atoms with van der Waals surface area (Å²) in [7, 11) is 4.66. The average Bonchev–Trinajstić information content (AvgIpc) is 2.53. The predicted molar refractivity (Wildman–Crippen MR) is 74.4 cm³/mol. The summed E-state index contributed by atoms with van der Waals surface area (Å²) in [5.74, 6) is 1.70. The van der Waals surface area contributed by atoms with E-state index in [-0.39, 0.29) is 0 Å². The first-order valence-electron chi connectivity index (χ1n) is 6.10. The molecule has 0 aliphatic heterocycles. The Morgan fingerprint density at radius 2 is 1.65 bits per heavy atom.